The first-order chi connectivity index (χ1) is 14.7. The zero-order chi connectivity index (χ0) is 21.3. The van der Waals surface area contributed by atoms with Gasteiger partial charge in [0.2, 0.25) is 0 Å². The number of likely N-dealkylation sites (N-methyl/N-ethyl adjacent to an activating group) is 1. The van der Waals surface area contributed by atoms with Crippen LogP contribution in [0.25, 0.3) is 0 Å². The van der Waals surface area contributed by atoms with E-state index in [1.54, 1.807) is 13.2 Å². The highest BCUT2D eigenvalue weighted by molar-refractivity contribution is 5.87. The Kier molecular flexibility index (Phi) is 8.03. The molecule has 0 spiro atoms. The SMILES string of the molecule is CCCCCCOc1cc(N=CC2Cc3ccccc3CN2C)c(C=O)cc1OC. The normalized spacial score (nSPS) is 16.4. The Morgan fingerprint density at radius 3 is 2.67 bits per heavy atom. The molecule has 0 aliphatic carbocycles. The van der Waals surface area contributed by atoms with Crippen molar-refractivity contribution in [3.63, 3.8) is 0 Å². The van der Waals surface area contributed by atoms with Gasteiger partial charge in [0.15, 0.2) is 17.8 Å². The number of hydrogen-bond acceptors (Lipinski definition) is 5. The first-order valence-electron chi connectivity index (χ1n) is 10.8. The van der Waals surface area contributed by atoms with Crippen LogP contribution < -0.4 is 9.47 Å². The van der Waals surface area contributed by atoms with E-state index in [0.717, 1.165) is 32.1 Å². The van der Waals surface area contributed by atoms with Crippen molar-refractivity contribution in [2.45, 2.75) is 51.6 Å². The molecule has 0 radical (unpaired) electrons. The number of aliphatic imine (C=N–C) groups is 1. The molecule has 0 saturated carbocycles. The van der Waals surface area contributed by atoms with Gasteiger partial charge in [-0.25, -0.2) is 0 Å². The molecule has 1 aliphatic heterocycles. The number of benzene rings is 2. The molecule has 0 fully saturated rings. The van der Waals surface area contributed by atoms with E-state index in [1.165, 1.54) is 24.0 Å². The summed E-state index contributed by atoms with van der Waals surface area (Å²) in [6.07, 6.45) is 8.21. The van der Waals surface area contributed by atoms with E-state index in [2.05, 4.69) is 48.1 Å². The standard InChI is InChI=1S/C25H32N2O3/c1-4-5-6-9-12-30-25-15-23(21(18-28)14-24(25)29-3)26-16-22-13-19-10-7-8-11-20(19)17-27(22)2/h7-8,10-11,14-16,18,22H,4-6,9,12-13,17H2,1-3H3. The van der Waals surface area contributed by atoms with E-state index < -0.39 is 0 Å². The van der Waals surface area contributed by atoms with E-state index in [1.807, 2.05) is 12.3 Å². The number of rotatable bonds is 10. The third-order valence-corrected chi connectivity index (χ3v) is 5.61. The molecule has 5 heteroatoms. The average Bonchev–Trinajstić information content (AvgIpc) is 2.77. The number of nitrogens with zero attached hydrogens (tertiary/aromatic N) is 2. The van der Waals surface area contributed by atoms with Crippen LogP contribution in [0.5, 0.6) is 11.5 Å². The highest BCUT2D eigenvalue weighted by atomic mass is 16.5. The van der Waals surface area contributed by atoms with Crippen molar-refractivity contribution in [2.24, 2.45) is 4.99 Å². The fraction of sp³-hybridized carbons (Fsp3) is 0.440. The molecule has 30 heavy (non-hydrogen) atoms. The maximum absolute atomic E-state index is 11.6. The Balaban J connectivity index is 1.77. The molecule has 1 heterocycles. The molecule has 2 aromatic carbocycles. The summed E-state index contributed by atoms with van der Waals surface area (Å²) >= 11 is 0. The molecular formula is C25H32N2O3. The molecule has 2 aromatic rings. The minimum absolute atomic E-state index is 0.180. The van der Waals surface area contributed by atoms with E-state index in [9.17, 15) is 4.79 Å². The van der Waals surface area contributed by atoms with Gasteiger partial charge in [0.25, 0.3) is 0 Å². The van der Waals surface area contributed by atoms with Crippen LogP contribution in [0.4, 0.5) is 5.69 Å². The largest absolute Gasteiger partial charge is 0.493 e. The molecule has 160 valence electrons. The summed E-state index contributed by atoms with van der Waals surface area (Å²) in [4.78, 5) is 18.6. The maximum Gasteiger partial charge on any atom is 0.163 e. The Bertz CT molecular complexity index is 879. The smallest absolute Gasteiger partial charge is 0.163 e. The van der Waals surface area contributed by atoms with Crippen molar-refractivity contribution in [1.82, 2.24) is 4.90 Å². The lowest BCUT2D eigenvalue weighted by Gasteiger charge is -2.31. The van der Waals surface area contributed by atoms with Gasteiger partial charge in [0.05, 0.1) is 19.4 Å². The second-order valence-electron chi connectivity index (χ2n) is 7.82. The molecular weight excluding hydrogens is 376 g/mol. The van der Waals surface area contributed by atoms with Crippen LogP contribution in [0, 0.1) is 0 Å². The van der Waals surface area contributed by atoms with Gasteiger partial charge in [0.1, 0.15) is 0 Å². The summed E-state index contributed by atoms with van der Waals surface area (Å²) < 4.78 is 11.4. The number of carbonyl (C=O) groups is 1. The second kappa shape index (κ2) is 10.9. The van der Waals surface area contributed by atoms with Gasteiger partial charge in [0, 0.05) is 30.4 Å². The van der Waals surface area contributed by atoms with Crippen LogP contribution >= 0.6 is 0 Å². The van der Waals surface area contributed by atoms with Crippen molar-refractivity contribution < 1.29 is 14.3 Å². The van der Waals surface area contributed by atoms with Gasteiger partial charge in [-0.3, -0.25) is 14.7 Å². The third kappa shape index (κ3) is 5.48. The number of carbonyl (C=O) groups excluding carboxylic acids is 1. The van der Waals surface area contributed by atoms with Gasteiger partial charge < -0.3 is 9.47 Å². The van der Waals surface area contributed by atoms with E-state index in [-0.39, 0.29) is 6.04 Å². The highest BCUT2D eigenvalue weighted by Gasteiger charge is 2.21. The third-order valence-electron chi connectivity index (χ3n) is 5.61. The maximum atomic E-state index is 11.6. The summed E-state index contributed by atoms with van der Waals surface area (Å²) in [5, 5.41) is 0. The van der Waals surface area contributed by atoms with E-state index >= 15 is 0 Å². The number of fused-ring (bicyclic) bond motifs is 1. The zero-order valence-corrected chi connectivity index (χ0v) is 18.3. The van der Waals surface area contributed by atoms with Crippen molar-refractivity contribution >= 4 is 18.2 Å². The summed E-state index contributed by atoms with van der Waals surface area (Å²) in [6.45, 7) is 3.71. The Morgan fingerprint density at radius 2 is 1.93 bits per heavy atom. The van der Waals surface area contributed by atoms with Crippen LogP contribution in [0.2, 0.25) is 0 Å². The quantitative estimate of drug-likeness (QED) is 0.307. The van der Waals surface area contributed by atoms with Crippen LogP contribution in [-0.2, 0) is 13.0 Å². The molecule has 0 saturated heterocycles. The van der Waals surface area contributed by atoms with Gasteiger partial charge >= 0.3 is 0 Å². The molecule has 0 aromatic heterocycles. The monoisotopic (exact) mass is 408 g/mol. The molecule has 0 amide bonds. The van der Waals surface area contributed by atoms with Gasteiger partial charge in [-0.1, -0.05) is 50.5 Å². The van der Waals surface area contributed by atoms with Gasteiger partial charge in [-0.05, 0) is 37.1 Å². The molecule has 1 atom stereocenters. The first kappa shape index (κ1) is 22.0. The Morgan fingerprint density at radius 1 is 1.13 bits per heavy atom. The molecule has 0 N–H and O–H groups in total. The fourth-order valence-corrected chi connectivity index (χ4v) is 3.77. The van der Waals surface area contributed by atoms with Crippen LogP contribution in [0.1, 0.15) is 54.1 Å². The molecule has 3 rings (SSSR count). The number of methoxy groups -OCH3 is 1. The number of unbranched alkanes of at least 4 members (excludes halogenated alkanes) is 3. The van der Waals surface area contributed by atoms with Crippen LogP contribution in [0.15, 0.2) is 41.4 Å². The van der Waals surface area contributed by atoms with E-state index in [4.69, 9.17) is 9.47 Å². The minimum atomic E-state index is 0.180. The fourth-order valence-electron chi connectivity index (χ4n) is 3.77. The molecule has 5 nitrogen and oxygen atoms in total. The lowest BCUT2D eigenvalue weighted by molar-refractivity contribution is 0.112. The Labute approximate surface area is 179 Å². The summed E-state index contributed by atoms with van der Waals surface area (Å²) in [6, 6.07) is 12.2. The second-order valence-corrected chi connectivity index (χ2v) is 7.82. The lowest BCUT2D eigenvalue weighted by atomic mass is 9.95. The number of aldehydes is 1. The highest BCUT2D eigenvalue weighted by Crippen LogP contribution is 2.34. The van der Waals surface area contributed by atoms with Crippen molar-refractivity contribution in [3.8, 4) is 11.5 Å². The summed E-state index contributed by atoms with van der Waals surface area (Å²) in [5.74, 6) is 1.20. The number of hydrogen-bond donors (Lipinski definition) is 0. The summed E-state index contributed by atoms with van der Waals surface area (Å²) in [5.41, 5.74) is 3.83. The molecule has 1 unspecified atom stereocenters. The lowest BCUT2D eigenvalue weighted by Crippen LogP contribution is -2.38. The van der Waals surface area contributed by atoms with Gasteiger partial charge in [-0.2, -0.15) is 0 Å². The first-order valence-corrected chi connectivity index (χ1v) is 10.8. The predicted octanol–water partition coefficient (Wildman–Crippen LogP) is 5.23. The van der Waals surface area contributed by atoms with Gasteiger partial charge in [-0.15, -0.1) is 0 Å². The topological polar surface area (TPSA) is 51.1 Å². The van der Waals surface area contributed by atoms with Crippen LogP contribution in [0.3, 0.4) is 0 Å². The minimum Gasteiger partial charge on any atom is -0.493 e. The van der Waals surface area contributed by atoms with Crippen LogP contribution in [-0.4, -0.2) is 44.2 Å². The molecule has 1 aliphatic rings. The Hall–Kier alpha value is -2.66. The van der Waals surface area contributed by atoms with Crippen molar-refractivity contribution in [2.75, 3.05) is 20.8 Å². The van der Waals surface area contributed by atoms with E-state index in [0.29, 0.717) is 29.4 Å². The average molecular weight is 409 g/mol. The zero-order valence-electron chi connectivity index (χ0n) is 18.3. The van der Waals surface area contributed by atoms with Crippen molar-refractivity contribution in [1.29, 1.82) is 0 Å². The van der Waals surface area contributed by atoms with Crippen molar-refractivity contribution in [3.05, 3.63) is 53.1 Å². The predicted molar refractivity (Wildman–Crippen MR) is 122 cm³/mol. The molecule has 0 bridgehead atoms. The summed E-state index contributed by atoms with van der Waals surface area (Å²) in [7, 11) is 3.69. The number of ether oxygens (including phenoxy) is 2.